The van der Waals surface area contributed by atoms with Crippen LogP contribution < -0.4 is 15.0 Å². The maximum atomic E-state index is 12.7. The summed E-state index contributed by atoms with van der Waals surface area (Å²) in [5, 5.41) is 2.91. The van der Waals surface area contributed by atoms with Crippen molar-refractivity contribution in [2.45, 2.75) is 26.7 Å². The Kier molecular flexibility index (Phi) is 8.15. The van der Waals surface area contributed by atoms with Gasteiger partial charge in [0.15, 0.2) is 0 Å². The summed E-state index contributed by atoms with van der Waals surface area (Å²) in [6, 6.07) is 14.6. The maximum Gasteiger partial charge on any atom is 0.338 e. The van der Waals surface area contributed by atoms with E-state index in [2.05, 4.69) is 16.3 Å². The number of nitrogens with one attached hydrogen (secondary N) is 1. The molecule has 2 aromatic carbocycles. The Bertz CT molecular complexity index is 861. The van der Waals surface area contributed by atoms with E-state index in [4.69, 9.17) is 9.47 Å². The number of amides is 2. The van der Waals surface area contributed by atoms with Crippen LogP contribution in [-0.4, -0.2) is 56.3 Å². The molecule has 0 aliphatic carbocycles. The molecule has 0 radical (unpaired) electrons. The minimum Gasteiger partial charge on any atom is -0.492 e. The van der Waals surface area contributed by atoms with Crippen LogP contribution in [0.25, 0.3) is 0 Å². The number of piperazine rings is 1. The van der Waals surface area contributed by atoms with Crippen molar-refractivity contribution in [2.75, 3.05) is 49.6 Å². The lowest BCUT2D eigenvalue weighted by molar-refractivity contribution is 0.0499. The number of hydrogen-bond donors (Lipinski definition) is 1. The van der Waals surface area contributed by atoms with E-state index in [9.17, 15) is 9.59 Å². The predicted octanol–water partition coefficient (Wildman–Crippen LogP) is 4.40. The number of para-hydroxylation sites is 2. The number of hydrogen-bond acceptors (Lipinski definition) is 5. The number of benzene rings is 2. The van der Waals surface area contributed by atoms with Crippen LogP contribution in [0.4, 0.5) is 16.2 Å². The first-order valence-corrected chi connectivity index (χ1v) is 10.9. The first-order valence-electron chi connectivity index (χ1n) is 10.9. The van der Waals surface area contributed by atoms with E-state index in [1.807, 2.05) is 32.0 Å². The van der Waals surface area contributed by atoms with Crippen molar-refractivity contribution < 1.29 is 19.1 Å². The molecule has 1 N–H and O–H groups in total. The molecular weight excluding hydrogens is 394 g/mol. The van der Waals surface area contributed by atoms with Gasteiger partial charge >= 0.3 is 12.0 Å². The number of carbonyl (C=O) groups excluding carboxylic acids is 2. The second-order valence-electron chi connectivity index (χ2n) is 7.37. The average molecular weight is 426 g/mol. The number of unbranched alkanes of at least 4 members (excludes halogenated alkanes) is 1. The third kappa shape index (κ3) is 6.13. The van der Waals surface area contributed by atoms with Gasteiger partial charge in [0.1, 0.15) is 5.75 Å². The van der Waals surface area contributed by atoms with Crippen LogP contribution in [0.1, 0.15) is 37.0 Å². The molecular formula is C24H31N3O4. The molecule has 1 aliphatic rings. The Balaban J connectivity index is 1.50. The molecule has 7 nitrogen and oxygen atoms in total. The molecule has 1 saturated heterocycles. The topological polar surface area (TPSA) is 71.1 Å². The number of carbonyl (C=O) groups is 2. The lowest BCUT2D eigenvalue weighted by atomic mass is 10.2. The van der Waals surface area contributed by atoms with E-state index in [1.165, 1.54) is 0 Å². The van der Waals surface area contributed by atoms with Crippen molar-refractivity contribution >= 4 is 23.4 Å². The second kappa shape index (κ2) is 11.2. The van der Waals surface area contributed by atoms with Crippen molar-refractivity contribution in [3.05, 3.63) is 54.1 Å². The van der Waals surface area contributed by atoms with Crippen molar-refractivity contribution in [1.82, 2.24) is 4.90 Å². The van der Waals surface area contributed by atoms with Crippen LogP contribution in [0.3, 0.4) is 0 Å². The highest BCUT2D eigenvalue weighted by Crippen LogP contribution is 2.28. The monoisotopic (exact) mass is 425 g/mol. The normalized spacial score (nSPS) is 13.6. The SMILES string of the molecule is CCCCOC(=O)c1ccc(NC(=O)N2CCN(c3ccccc3OCC)CC2)cc1. The Labute approximate surface area is 183 Å². The van der Waals surface area contributed by atoms with Crippen molar-refractivity contribution in [1.29, 1.82) is 0 Å². The van der Waals surface area contributed by atoms with E-state index >= 15 is 0 Å². The van der Waals surface area contributed by atoms with Gasteiger partial charge in [-0.1, -0.05) is 25.5 Å². The maximum absolute atomic E-state index is 12.7. The van der Waals surface area contributed by atoms with Crippen LogP contribution >= 0.6 is 0 Å². The third-order valence-electron chi connectivity index (χ3n) is 5.18. The van der Waals surface area contributed by atoms with Gasteiger partial charge in [0, 0.05) is 31.9 Å². The van der Waals surface area contributed by atoms with Crippen molar-refractivity contribution in [3.63, 3.8) is 0 Å². The summed E-state index contributed by atoms with van der Waals surface area (Å²) in [7, 11) is 0. The molecule has 1 fully saturated rings. The Hall–Kier alpha value is -3.22. The summed E-state index contributed by atoms with van der Waals surface area (Å²) < 4.78 is 10.9. The molecule has 7 heteroatoms. The van der Waals surface area contributed by atoms with E-state index in [1.54, 1.807) is 29.2 Å². The fourth-order valence-corrected chi connectivity index (χ4v) is 3.43. The summed E-state index contributed by atoms with van der Waals surface area (Å²) in [6.07, 6.45) is 1.83. The quantitative estimate of drug-likeness (QED) is 0.502. The smallest absolute Gasteiger partial charge is 0.338 e. The van der Waals surface area contributed by atoms with Crippen molar-refractivity contribution in [3.8, 4) is 5.75 Å². The van der Waals surface area contributed by atoms with Gasteiger partial charge in [-0.25, -0.2) is 9.59 Å². The van der Waals surface area contributed by atoms with Gasteiger partial charge in [-0.2, -0.15) is 0 Å². The third-order valence-corrected chi connectivity index (χ3v) is 5.18. The van der Waals surface area contributed by atoms with Gasteiger partial charge in [-0.05, 0) is 49.7 Å². The fraction of sp³-hybridized carbons (Fsp3) is 0.417. The van der Waals surface area contributed by atoms with E-state index in [-0.39, 0.29) is 12.0 Å². The molecule has 0 bridgehead atoms. The first-order chi connectivity index (χ1) is 15.1. The molecule has 166 valence electrons. The number of nitrogens with zero attached hydrogens (tertiary/aromatic N) is 2. The van der Waals surface area contributed by atoms with Crippen molar-refractivity contribution in [2.24, 2.45) is 0 Å². The first kappa shape index (κ1) is 22.5. The van der Waals surface area contributed by atoms with Gasteiger partial charge in [0.2, 0.25) is 0 Å². The van der Waals surface area contributed by atoms with Crippen LogP contribution in [0.15, 0.2) is 48.5 Å². The lowest BCUT2D eigenvalue weighted by Gasteiger charge is -2.36. The standard InChI is InChI=1S/C24H31N3O4/c1-3-5-18-31-23(28)19-10-12-20(13-11-19)25-24(29)27-16-14-26(15-17-27)21-8-6-7-9-22(21)30-4-2/h6-13H,3-5,14-18H2,1-2H3,(H,25,29). The summed E-state index contributed by atoms with van der Waals surface area (Å²) in [6.45, 7) is 7.78. The van der Waals surface area contributed by atoms with Gasteiger partial charge in [0.05, 0.1) is 24.5 Å². The number of rotatable bonds is 8. The highest BCUT2D eigenvalue weighted by molar-refractivity contribution is 5.92. The van der Waals surface area contributed by atoms with Gasteiger partial charge in [-0.3, -0.25) is 0 Å². The minimum atomic E-state index is -0.338. The van der Waals surface area contributed by atoms with Gasteiger partial charge in [0.25, 0.3) is 0 Å². The molecule has 2 aromatic rings. The van der Waals surface area contributed by atoms with Gasteiger partial charge < -0.3 is 24.6 Å². The average Bonchev–Trinajstić information content (AvgIpc) is 2.80. The Morgan fingerprint density at radius 3 is 2.35 bits per heavy atom. The highest BCUT2D eigenvalue weighted by atomic mass is 16.5. The number of esters is 1. The summed E-state index contributed by atoms with van der Waals surface area (Å²) >= 11 is 0. The molecule has 0 saturated carbocycles. The molecule has 0 atom stereocenters. The zero-order valence-electron chi connectivity index (χ0n) is 18.3. The van der Waals surface area contributed by atoms with E-state index in [0.29, 0.717) is 37.6 Å². The minimum absolute atomic E-state index is 0.143. The largest absolute Gasteiger partial charge is 0.492 e. The molecule has 0 unspecified atom stereocenters. The molecule has 3 rings (SSSR count). The van der Waals surface area contributed by atoms with E-state index in [0.717, 1.165) is 37.4 Å². The van der Waals surface area contributed by atoms with Crippen LogP contribution in [-0.2, 0) is 4.74 Å². The number of urea groups is 1. The zero-order chi connectivity index (χ0) is 22.1. The molecule has 2 amide bonds. The molecule has 1 heterocycles. The van der Waals surface area contributed by atoms with Crippen LogP contribution in [0.2, 0.25) is 0 Å². The molecule has 1 aliphatic heterocycles. The summed E-state index contributed by atoms with van der Waals surface area (Å²) in [5.74, 6) is 0.533. The predicted molar refractivity (Wildman–Crippen MR) is 122 cm³/mol. The second-order valence-corrected chi connectivity index (χ2v) is 7.37. The Morgan fingerprint density at radius 2 is 1.68 bits per heavy atom. The lowest BCUT2D eigenvalue weighted by Crippen LogP contribution is -2.50. The molecule has 0 aromatic heterocycles. The van der Waals surface area contributed by atoms with Crippen LogP contribution in [0, 0.1) is 0 Å². The molecule has 31 heavy (non-hydrogen) atoms. The molecule has 0 spiro atoms. The fourth-order valence-electron chi connectivity index (χ4n) is 3.43. The van der Waals surface area contributed by atoms with Crippen LogP contribution in [0.5, 0.6) is 5.75 Å². The Morgan fingerprint density at radius 1 is 0.968 bits per heavy atom. The summed E-state index contributed by atoms with van der Waals surface area (Å²) in [5.41, 5.74) is 2.20. The number of ether oxygens (including phenoxy) is 2. The zero-order valence-corrected chi connectivity index (χ0v) is 18.3. The summed E-state index contributed by atoms with van der Waals surface area (Å²) in [4.78, 5) is 28.7. The number of anilines is 2. The van der Waals surface area contributed by atoms with E-state index < -0.39 is 0 Å². The highest BCUT2D eigenvalue weighted by Gasteiger charge is 2.23. The van der Waals surface area contributed by atoms with Gasteiger partial charge in [-0.15, -0.1) is 0 Å².